The predicted octanol–water partition coefficient (Wildman–Crippen LogP) is 2.40. The van der Waals surface area contributed by atoms with Crippen molar-refractivity contribution in [2.24, 2.45) is 5.73 Å². The SMILES string of the molecule is CC(C)(N)CNC(=O)CC(NC(=O)c1ccccc1)c1ccccc1. The van der Waals surface area contributed by atoms with Crippen LogP contribution in [-0.4, -0.2) is 23.9 Å². The minimum atomic E-state index is -0.481. The van der Waals surface area contributed by atoms with E-state index in [9.17, 15) is 9.59 Å². The van der Waals surface area contributed by atoms with Crippen molar-refractivity contribution in [3.8, 4) is 0 Å². The summed E-state index contributed by atoms with van der Waals surface area (Å²) in [5.41, 5.74) is 6.86. The lowest BCUT2D eigenvalue weighted by Gasteiger charge is -2.22. The molecule has 4 N–H and O–H groups in total. The molecule has 0 heterocycles. The standard InChI is InChI=1S/C20H25N3O2/c1-20(2,21)14-22-18(24)13-17(15-9-5-3-6-10-15)23-19(25)16-11-7-4-8-12-16/h3-12,17H,13-14,21H2,1-2H3,(H,22,24)(H,23,25). The van der Waals surface area contributed by atoms with Gasteiger partial charge in [0.15, 0.2) is 0 Å². The highest BCUT2D eigenvalue weighted by molar-refractivity contribution is 5.94. The average molecular weight is 339 g/mol. The van der Waals surface area contributed by atoms with Gasteiger partial charge in [0.05, 0.1) is 12.5 Å². The third-order valence-corrected chi connectivity index (χ3v) is 3.67. The number of benzene rings is 2. The van der Waals surface area contributed by atoms with Gasteiger partial charge in [-0.3, -0.25) is 9.59 Å². The van der Waals surface area contributed by atoms with Crippen molar-refractivity contribution in [3.05, 3.63) is 71.8 Å². The van der Waals surface area contributed by atoms with E-state index in [1.54, 1.807) is 12.1 Å². The van der Waals surface area contributed by atoms with Crippen LogP contribution in [0.2, 0.25) is 0 Å². The van der Waals surface area contributed by atoms with Crippen LogP contribution in [-0.2, 0) is 4.79 Å². The van der Waals surface area contributed by atoms with Gasteiger partial charge in [-0.2, -0.15) is 0 Å². The van der Waals surface area contributed by atoms with E-state index in [2.05, 4.69) is 10.6 Å². The lowest BCUT2D eigenvalue weighted by molar-refractivity contribution is -0.121. The summed E-state index contributed by atoms with van der Waals surface area (Å²) in [7, 11) is 0. The predicted molar refractivity (Wildman–Crippen MR) is 99.0 cm³/mol. The number of nitrogens with two attached hydrogens (primary N) is 1. The second kappa shape index (κ2) is 8.44. The number of carbonyl (C=O) groups excluding carboxylic acids is 2. The van der Waals surface area contributed by atoms with Crippen LogP contribution in [0.1, 0.15) is 42.2 Å². The second-order valence-electron chi connectivity index (χ2n) is 6.77. The largest absolute Gasteiger partial charge is 0.354 e. The van der Waals surface area contributed by atoms with E-state index in [-0.39, 0.29) is 18.2 Å². The van der Waals surface area contributed by atoms with Crippen LogP contribution in [0.15, 0.2) is 60.7 Å². The molecule has 0 saturated carbocycles. The summed E-state index contributed by atoms with van der Waals surface area (Å²) in [6.45, 7) is 4.07. The highest BCUT2D eigenvalue weighted by Gasteiger charge is 2.20. The van der Waals surface area contributed by atoms with Crippen LogP contribution in [0.3, 0.4) is 0 Å². The van der Waals surface area contributed by atoms with Gasteiger partial charge in [0.2, 0.25) is 5.91 Å². The highest BCUT2D eigenvalue weighted by atomic mass is 16.2. The summed E-state index contributed by atoms with van der Waals surface area (Å²) in [6, 6.07) is 18.0. The molecule has 132 valence electrons. The monoisotopic (exact) mass is 339 g/mol. The van der Waals surface area contributed by atoms with Crippen LogP contribution in [0.5, 0.6) is 0 Å². The van der Waals surface area contributed by atoms with Crippen LogP contribution in [0, 0.1) is 0 Å². The van der Waals surface area contributed by atoms with Crippen LogP contribution in [0.4, 0.5) is 0 Å². The van der Waals surface area contributed by atoms with Crippen LogP contribution in [0.25, 0.3) is 0 Å². The number of hydrogen-bond acceptors (Lipinski definition) is 3. The van der Waals surface area contributed by atoms with E-state index in [4.69, 9.17) is 5.73 Å². The molecule has 0 aromatic heterocycles. The normalized spacial score (nSPS) is 12.3. The van der Waals surface area contributed by atoms with Gasteiger partial charge in [0.1, 0.15) is 0 Å². The fourth-order valence-corrected chi connectivity index (χ4v) is 2.35. The van der Waals surface area contributed by atoms with Crippen molar-refractivity contribution in [3.63, 3.8) is 0 Å². The molecular weight excluding hydrogens is 314 g/mol. The molecule has 0 saturated heterocycles. The van der Waals surface area contributed by atoms with Gasteiger partial charge < -0.3 is 16.4 Å². The zero-order valence-corrected chi connectivity index (χ0v) is 14.7. The Balaban J connectivity index is 2.09. The Labute approximate surface area is 148 Å². The lowest BCUT2D eigenvalue weighted by Crippen LogP contribution is -2.45. The van der Waals surface area contributed by atoms with E-state index in [1.807, 2.05) is 62.4 Å². The van der Waals surface area contributed by atoms with E-state index in [0.29, 0.717) is 12.1 Å². The Morgan fingerprint density at radius 1 is 1.00 bits per heavy atom. The number of rotatable bonds is 7. The van der Waals surface area contributed by atoms with Crippen molar-refractivity contribution in [1.29, 1.82) is 0 Å². The maximum atomic E-state index is 12.5. The molecule has 1 unspecified atom stereocenters. The summed E-state index contributed by atoms with van der Waals surface area (Å²) in [6.07, 6.45) is 0.151. The summed E-state index contributed by atoms with van der Waals surface area (Å²) >= 11 is 0. The molecule has 2 aromatic rings. The smallest absolute Gasteiger partial charge is 0.251 e. The van der Waals surface area contributed by atoms with Gasteiger partial charge in [0, 0.05) is 17.6 Å². The third-order valence-electron chi connectivity index (χ3n) is 3.67. The van der Waals surface area contributed by atoms with Crippen molar-refractivity contribution in [2.45, 2.75) is 31.8 Å². The first-order valence-electron chi connectivity index (χ1n) is 8.31. The van der Waals surface area contributed by atoms with Gasteiger partial charge in [-0.15, -0.1) is 0 Å². The summed E-state index contributed by atoms with van der Waals surface area (Å²) in [4.78, 5) is 24.7. The quantitative estimate of drug-likeness (QED) is 0.724. The van der Waals surface area contributed by atoms with Crippen molar-refractivity contribution >= 4 is 11.8 Å². The Bertz CT molecular complexity index is 694. The fraction of sp³-hybridized carbons (Fsp3) is 0.300. The van der Waals surface area contributed by atoms with Gasteiger partial charge >= 0.3 is 0 Å². The first-order valence-corrected chi connectivity index (χ1v) is 8.31. The van der Waals surface area contributed by atoms with Gasteiger partial charge in [0.25, 0.3) is 5.91 Å². The molecule has 0 bridgehead atoms. The summed E-state index contributed by atoms with van der Waals surface area (Å²) in [5.74, 6) is -0.359. The number of amides is 2. The second-order valence-corrected chi connectivity index (χ2v) is 6.77. The molecule has 0 aliphatic rings. The van der Waals surface area contributed by atoms with E-state index >= 15 is 0 Å². The summed E-state index contributed by atoms with van der Waals surface area (Å²) in [5, 5.41) is 5.77. The molecular formula is C20H25N3O2. The Hall–Kier alpha value is -2.66. The van der Waals surface area contributed by atoms with Gasteiger partial charge in [-0.1, -0.05) is 48.5 Å². The Kier molecular flexibility index (Phi) is 6.31. The van der Waals surface area contributed by atoms with Gasteiger partial charge in [-0.05, 0) is 31.5 Å². The molecule has 0 fully saturated rings. The molecule has 5 heteroatoms. The van der Waals surface area contributed by atoms with Crippen molar-refractivity contribution in [2.75, 3.05) is 6.54 Å². The van der Waals surface area contributed by atoms with E-state index < -0.39 is 11.6 Å². The minimum absolute atomic E-state index is 0.151. The number of carbonyl (C=O) groups is 2. The fourth-order valence-electron chi connectivity index (χ4n) is 2.35. The Morgan fingerprint density at radius 2 is 1.56 bits per heavy atom. The number of nitrogens with one attached hydrogen (secondary N) is 2. The third kappa shape index (κ3) is 6.39. The first kappa shape index (κ1) is 18.7. The zero-order chi connectivity index (χ0) is 18.3. The molecule has 25 heavy (non-hydrogen) atoms. The van der Waals surface area contributed by atoms with Crippen LogP contribution < -0.4 is 16.4 Å². The molecule has 0 radical (unpaired) electrons. The zero-order valence-electron chi connectivity index (χ0n) is 14.7. The van der Waals surface area contributed by atoms with Crippen LogP contribution >= 0.6 is 0 Å². The molecule has 2 amide bonds. The topological polar surface area (TPSA) is 84.2 Å². The molecule has 0 aliphatic carbocycles. The van der Waals surface area contributed by atoms with Crippen molar-refractivity contribution in [1.82, 2.24) is 10.6 Å². The maximum absolute atomic E-state index is 12.5. The molecule has 0 aliphatic heterocycles. The first-order chi connectivity index (χ1) is 11.8. The average Bonchev–Trinajstić information content (AvgIpc) is 2.60. The summed E-state index contributed by atoms with van der Waals surface area (Å²) < 4.78 is 0. The lowest BCUT2D eigenvalue weighted by atomic mass is 10.0. The van der Waals surface area contributed by atoms with E-state index in [0.717, 1.165) is 5.56 Å². The highest BCUT2D eigenvalue weighted by Crippen LogP contribution is 2.17. The van der Waals surface area contributed by atoms with Crippen molar-refractivity contribution < 1.29 is 9.59 Å². The molecule has 5 nitrogen and oxygen atoms in total. The molecule has 2 aromatic carbocycles. The molecule has 0 spiro atoms. The van der Waals surface area contributed by atoms with Gasteiger partial charge in [-0.25, -0.2) is 0 Å². The minimum Gasteiger partial charge on any atom is -0.354 e. The Morgan fingerprint density at radius 3 is 2.12 bits per heavy atom. The molecule has 2 rings (SSSR count). The molecule has 1 atom stereocenters. The van der Waals surface area contributed by atoms with E-state index in [1.165, 1.54) is 0 Å². The maximum Gasteiger partial charge on any atom is 0.251 e. The number of hydrogen-bond donors (Lipinski definition) is 3.